The van der Waals surface area contributed by atoms with Gasteiger partial charge in [-0.05, 0) is 49.4 Å². The summed E-state index contributed by atoms with van der Waals surface area (Å²) in [6.07, 6.45) is 8.31. The molecule has 3 nitrogen and oxygen atoms in total. The summed E-state index contributed by atoms with van der Waals surface area (Å²) in [6, 6.07) is 12.9. The number of hydrogen-bond donors (Lipinski definition) is 0. The number of imidazole rings is 1. The molecule has 104 valence electrons. The van der Waals surface area contributed by atoms with Gasteiger partial charge in [0.25, 0.3) is 0 Å². The lowest BCUT2D eigenvalue weighted by Crippen LogP contribution is -2.00. The fourth-order valence-corrected chi connectivity index (χ4v) is 2.80. The monoisotopic (exact) mass is 275 g/mol. The summed E-state index contributed by atoms with van der Waals surface area (Å²) in [5, 5.41) is 0. The molecular weight excluding hydrogens is 258 g/mol. The second-order valence-electron chi connectivity index (χ2n) is 5.62. The number of aryl methyl sites for hydroxylation is 1. The van der Waals surface area contributed by atoms with Crippen LogP contribution in [0.1, 0.15) is 30.1 Å². The Kier molecular flexibility index (Phi) is 2.85. The van der Waals surface area contributed by atoms with Crippen molar-refractivity contribution >= 4 is 0 Å². The van der Waals surface area contributed by atoms with E-state index in [9.17, 15) is 0 Å². The molecule has 4 rings (SSSR count). The van der Waals surface area contributed by atoms with Gasteiger partial charge >= 0.3 is 0 Å². The zero-order valence-corrected chi connectivity index (χ0v) is 12.0. The summed E-state index contributed by atoms with van der Waals surface area (Å²) in [5.41, 5.74) is 4.72. The van der Waals surface area contributed by atoms with Crippen LogP contribution in [0.25, 0.3) is 16.9 Å². The molecule has 0 spiro atoms. The minimum atomic E-state index is 0.757. The van der Waals surface area contributed by atoms with Gasteiger partial charge in [-0.2, -0.15) is 0 Å². The number of nitrogens with zero attached hydrogens (tertiary/aromatic N) is 3. The van der Waals surface area contributed by atoms with Gasteiger partial charge in [0.2, 0.25) is 0 Å². The van der Waals surface area contributed by atoms with Gasteiger partial charge in [-0.15, -0.1) is 0 Å². The van der Waals surface area contributed by atoms with E-state index in [4.69, 9.17) is 0 Å². The Morgan fingerprint density at radius 1 is 1.05 bits per heavy atom. The number of aromatic nitrogens is 3. The quantitative estimate of drug-likeness (QED) is 0.720. The summed E-state index contributed by atoms with van der Waals surface area (Å²) in [4.78, 5) is 8.94. The van der Waals surface area contributed by atoms with Crippen molar-refractivity contribution in [2.24, 2.45) is 0 Å². The molecule has 1 fully saturated rings. The van der Waals surface area contributed by atoms with Crippen molar-refractivity contribution in [3.8, 4) is 16.9 Å². The van der Waals surface area contributed by atoms with Gasteiger partial charge in [-0.25, -0.2) is 4.98 Å². The van der Waals surface area contributed by atoms with E-state index in [1.54, 1.807) is 0 Å². The highest BCUT2D eigenvalue weighted by molar-refractivity contribution is 5.69. The molecule has 0 unspecified atom stereocenters. The van der Waals surface area contributed by atoms with Crippen molar-refractivity contribution in [2.75, 3.05) is 0 Å². The van der Waals surface area contributed by atoms with E-state index in [2.05, 4.69) is 44.9 Å². The molecule has 2 aromatic heterocycles. The lowest BCUT2D eigenvalue weighted by atomic mass is 10.0. The minimum Gasteiger partial charge on any atom is -0.302 e. The van der Waals surface area contributed by atoms with E-state index in [0.29, 0.717) is 0 Å². The van der Waals surface area contributed by atoms with Crippen LogP contribution in [-0.2, 0) is 0 Å². The summed E-state index contributed by atoms with van der Waals surface area (Å²) >= 11 is 0. The molecular formula is C18H17N3. The Balaban J connectivity index is 1.85. The first-order valence-electron chi connectivity index (χ1n) is 7.38. The molecule has 21 heavy (non-hydrogen) atoms. The first-order chi connectivity index (χ1) is 10.3. The van der Waals surface area contributed by atoms with Crippen LogP contribution >= 0.6 is 0 Å². The average Bonchev–Trinajstić information content (AvgIpc) is 3.30. The fraction of sp³-hybridized carbons (Fsp3) is 0.222. The molecule has 1 aliphatic rings. The predicted molar refractivity (Wildman–Crippen MR) is 83.5 cm³/mol. The molecule has 0 aliphatic heterocycles. The van der Waals surface area contributed by atoms with Crippen LogP contribution in [-0.4, -0.2) is 14.5 Å². The molecule has 0 saturated heterocycles. The lowest BCUT2D eigenvalue weighted by molar-refractivity contribution is 0.967. The Labute approximate surface area is 124 Å². The van der Waals surface area contributed by atoms with Crippen molar-refractivity contribution in [1.29, 1.82) is 0 Å². The van der Waals surface area contributed by atoms with Crippen LogP contribution in [0.2, 0.25) is 0 Å². The van der Waals surface area contributed by atoms with Crippen molar-refractivity contribution < 1.29 is 0 Å². The van der Waals surface area contributed by atoms with Gasteiger partial charge in [-0.3, -0.25) is 4.98 Å². The summed E-state index contributed by atoms with van der Waals surface area (Å²) in [6.45, 7) is 2.01. The highest BCUT2D eigenvalue weighted by Crippen LogP contribution is 2.41. The van der Waals surface area contributed by atoms with Gasteiger partial charge in [0.1, 0.15) is 5.82 Å². The standard InChI is InChI=1S/C18H17N3/c1-13-19-10-11-21(13)17-6-3-9-20-18(17)16-5-2-4-15(12-16)14-7-8-14/h2-6,9-12,14H,7-8H2,1H3. The lowest BCUT2D eigenvalue weighted by Gasteiger charge is -2.11. The Hall–Kier alpha value is -2.42. The van der Waals surface area contributed by atoms with Gasteiger partial charge in [0.05, 0.1) is 11.4 Å². The average molecular weight is 275 g/mol. The molecule has 1 aromatic carbocycles. The van der Waals surface area contributed by atoms with Crippen LogP contribution in [0.5, 0.6) is 0 Å². The van der Waals surface area contributed by atoms with Gasteiger partial charge < -0.3 is 4.57 Å². The molecule has 0 atom stereocenters. The second kappa shape index (κ2) is 4.85. The van der Waals surface area contributed by atoms with Crippen LogP contribution in [0.3, 0.4) is 0 Å². The highest BCUT2D eigenvalue weighted by Gasteiger charge is 2.23. The highest BCUT2D eigenvalue weighted by atomic mass is 15.1. The number of hydrogen-bond acceptors (Lipinski definition) is 2. The minimum absolute atomic E-state index is 0.757. The topological polar surface area (TPSA) is 30.7 Å². The first-order valence-corrected chi connectivity index (χ1v) is 7.38. The van der Waals surface area contributed by atoms with E-state index >= 15 is 0 Å². The van der Waals surface area contributed by atoms with E-state index in [-0.39, 0.29) is 0 Å². The maximum absolute atomic E-state index is 4.62. The molecule has 3 aromatic rings. The van der Waals surface area contributed by atoms with Crippen molar-refractivity contribution in [1.82, 2.24) is 14.5 Å². The van der Waals surface area contributed by atoms with Crippen molar-refractivity contribution in [3.63, 3.8) is 0 Å². The van der Waals surface area contributed by atoms with E-state index < -0.39 is 0 Å². The van der Waals surface area contributed by atoms with Gasteiger partial charge in [-0.1, -0.05) is 18.2 Å². The summed E-state index contributed by atoms with van der Waals surface area (Å²) in [5.74, 6) is 1.73. The SMILES string of the molecule is Cc1nccn1-c1cccnc1-c1cccc(C2CC2)c1. The Morgan fingerprint density at radius 3 is 2.71 bits per heavy atom. The molecule has 2 heterocycles. The molecule has 0 amide bonds. The van der Waals surface area contributed by atoms with Gasteiger partial charge in [0.15, 0.2) is 0 Å². The molecule has 1 saturated carbocycles. The fourth-order valence-electron chi connectivity index (χ4n) is 2.80. The second-order valence-corrected chi connectivity index (χ2v) is 5.62. The Morgan fingerprint density at radius 2 is 1.95 bits per heavy atom. The van der Waals surface area contributed by atoms with Crippen LogP contribution in [0, 0.1) is 6.92 Å². The van der Waals surface area contributed by atoms with Crippen molar-refractivity contribution in [2.45, 2.75) is 25.7 Å². The largest absolute Gasteiger partial charge is 0.302 e. The Bertz CT molecular complexity index is 784. The third-order valence-corrected chi connectivity index (χ3v) is 4.08. The van der Waals surface area contributed by atoms with E-state index in [1.165, 1.54) is 24.0 Å². The van der Waals surface area contributed by atoms with Crippen molar-refractivity contribution in [3.05, 3.63) is 66.4 Å². The maximum atomic E-state index is 4.62. The third-order valence-electron chi connectivity index (χ3n) is 4.08. The number of benzene rings is 1. The smallest absolute Gasteiger partial charge is 0.110 e. The van der Waals surface area contributed by atoms with Crippen LogP contribution in [0.15, 0.2) is 55.0 Å². The number of pyridine rings is 1. The van der Waals surface area contributed by atoms with E-state index in [1.807, 2.05) is 31.6 Å². The molecule has 0 N–H and O–H groups in total. The number of rotatable bonds is 3. The molecule has 0 bridgehead atoms. The van der Waals surface area contributed by atoms with E-state index in [0.717, 1.165) is 23.1 Å². The summed E-state index contributed by atoms with van der Waals surface area (Å²) in [7, 11) is 0. The first kappa shape index (κ1) is 12.3. The molecule has 1 aliphatic carbocycles. The van der Waals surface area contributed by atoms with Gasteiger partial charge in [0, 0.05) is 24.2 Å². The molecule has 3 heteroatoms. The zero-order valence-electron chi connectivity index (χ0n) is 12.0. The zero-order chi connectivity index (χ0) is 14.2. The maximum Gasteiger partial charge on any atom is 0.110 e. The molecule has 0 radical (unpaired) electrons. The van der Waals surface area contributed by atoms with Crippen LogP contribution in [0.4, 0.5) is 0 Å². The predicted octanol–water partition coefficient (Wildman–Crippen LogP) is 4.12. The summed E-state index contributed by atoms with van der Waals surface area (Å²) < 4.78 is 2.09. The van der Waals surface area contributed by atoms with Crippen LogP contribution < -0.4 is 0 Å². The normalized spacial score (nSPS) is 14.3. The third kappa shape index (κ3) is 2.25.